The van der Waals surface area contributed by atoms with Crippen molar-refractivity contribution in [2.24, 2.45) is 5.92 Å². The molecule has 2 aliphatic rings. The molecule has 1 unspecified atom stereocenters. The Bertz CT molecular complexity index is 875. The van der Waals surface area contributed by atoms with Crippen molar-refractivity contribution in [3.05, 3.63) is 45.0 Å². The Morgan fingerprint density at radius 1 is 1.29 bits per heavy atom. The first-order valence-electron chi connectivity index (χ1n) is 10.7. The van der Waals surface area contributed by atoms with Crippen LogP contribution in [0.3, 0.4) is 0 Å². The number of nitrogens with one attached hydrogen (secondary N) is 1. The van der Waals surface area contributed by atoms with Crippen LogP contribution in [0.15, 0.2) is 40.2 Å². The first kappa shape index (κ1) is 24.0. The third-order valence-electron chi connectivity index (χ3n) is 5.67. The summed E-state index contributed by atoms with van der Waals surface area (Å²) in [5, 5.41) is 3.53. The Labute approximate surface area is 194 Å². The van der Waals surface area contributed by atoms with Crippen molar-refractivity contribution in [1.82, 2.24) is 4.98 Å². The molecule has 1 amide bonds. The topological polar surface area (TPSA) is 69.7 Å². The van der Waals surface area contributed by atoms with Crippen molar-refractivity contribution in [1.29, 1.82) is 0 Å². The minimum Gasteiger partial charge on any atom is -0.494 e. The smallest absolute Gasteiger partial charge is 0.261 e. The van der Waals surface area contributed by atoms with Crippen LogP contribution >= 0.6 is 24.0 Å². The number of aromatic nitrogens is 1. The quantitative estimate of drug-likeness (QED) is 0.297. The molecule has 3 rings (SSSR count). The molecule has 3 atom stereocenters. The number of thiol groups is 1. The van der Waals surface area contributed by atoms with Crippen LogP contribution in [0.1, 0.15) is 50.8 Å². The zero-order chi connectivity index (χ0) is 22.4. The number of hydrogen-bond acceptors (Lipinski definition) is 7. The Kier molecular flexibility index (Phi) is 8.77. The van der Waals surface area contributed by atoms with E-state index in [1.54, 1.807) is 20.4 Å². The van der Waals surface area contributed by atoms with Crippen molar-refractivity contribution in [3.8, 4) is 0 Å². The van der Waals surface area contributed by atoms with Gasteiger partial charge in [0.1, 0.15) is 11.9 Å². The summed E-state index contributed by atoms with van der Waals surface area (Å²) in [5.74, 6) is 0.787. The largest absolute Gasteiger partial charge is 0.494 e. The first-order valence-corrected chi connectivity index (χ1v) is 12.0. The first-order chi connectivity index (χ1) is 14.9. The number of anilines is 1. The minimum absolute atomic E-state index is 0.0634. The second kappa shape index (κ2) is 11.3. The number of methoxy groups -OCH3 is 2. The molecule has 2 aliphatic carbocycles. The summed E-state index contributed by atoms with van der Waals surface area (Å²) in [6, 6.07) is 0. The zero-order valence-electron chi connectivity index (χ0n) is 18.6. The van der Waals surface area contributed by atoms with Crippen LogP contribution in [0.4, 0.5) is 5.13 Å². The Balaban J connectivity index is 1.89. The number of ether oxygens (including phenoxy) is 3. The molecule has 0 aliphatic heterocycles. The Morgan fingerprint density at radius 2 is 2.06 bits per heavy atom. The lowest BCUT2D eigenvalue weighted by Gasteiger charge is -2.24. The average molecular weight is 465 g/mol. The van der Waals surface area contributed by atoms with Crippen LogP contribution in [0.25, 0.3) is 0 Å². The summed E-state index contributed by atoms with van der Waals surface area (Å²) in [6.45, 7) is 4.62. The fourth-order valence-corrected chi connectivity index (χ4v) is 4.91. The zero-order valence-corrected chi connectivity index (χ0v) is 20.4. The molecule has 1 saturated carbocycles. The monoisotopic (exact) mass is 464 g/mol. The van der Waals surface area contributed by atoms with Gasteiger partial charge in [0.05, 0.1) is 23.2 Å². The molecule has 1 aromatic rings. The predicted molar refractivity (Wildman–Crippen MR) is 127 cm³/mol. The summed E-state index contributed by atoms with van der Waals surface area (Å²) in [5.41, 5.74) is 1.57. The van der Waals surface area contributed by atoms with E-state index in [2.05, 4.69) is 29.9 Å². The van der Waals surface area contributed by atoms with E-state index in [0.717, 1.165) is 46.8 Å². The lowest BCUT2D eigenvalue weighted by atomic mass is 9.89. The standard InChI is InChI=1S/C23H32N2O4S2/c1-5-19(29-17-8-7-16(11-17)28-4)21(15-6-9-20(30)14(2)10-15)22(26)25-23-24-12-18(31-23)13-27-3/h6,9,12,14,16-17,30H,5,7-8,10-11,13H2,1-4H3,(H,24,25,26)/b21-19+/t14?,16-,17-/m1/s1. The van der Waals surface area contributed by atoms with Gasteiger partial charge >= 0.3 is 0 Å². The molecule has 0 spiro atoms. The molecule has 170 valence electrons. The molecule has 0 saturated heterocycles. The van der Waals surface area contributed by atoms with Crippen molar-refractivity contribution in [2.45, 2.75) is 64.8 Å². The van der Waals surface area contributed by atoms with Crippen LogP contribution in [-0.4, -0.2) is 37.3 Å². The van der Waals surface area contributed by atoms with Crippen LogP contribution < -0.4 is 5.32 Å². The summed E-state index contributed by atoms with van der Waals surface area (Å²) in [6.07, 6.45) is 10.1. The Hall–Kier alpha value is -1.61. The number of carbonyl (C=O) groups excluding carboxylic acids is 1. The molecule has 0 aromatic carbocycles. The van der Waals surface area contributed by atoms with Crippen LogP contribution in [-0.2, 0) is 25.6 Å². The van der Waals surface area contributed by atoms with Gasteiger partial charge in [0.25, 0.3) is 5.91 Å². The molecule has 0 bridgehead atoms. The van der Waals surface area contributed by atoms with E-state index in [-0.39, 0.29) is 24.0 Å². The third-order valence-corrected chi connectivity index (χ3v) is 7.15. The van der Waals surface area contributed by atoms with Crippen molar-refractivity contribution < 1.29 is 19.0 Å². The number of carbonyl (C=O) groups is 1. The maximum atomic E-state index is 13.4. The van der Waals surface area contributed by atoms with Crippen LogP contribution in [0.5, 0.6) is 0 Å². The molecule has 6 nitrogen and oxygen atoms in total. The van der Waals surface area contributed by atoms with Crippen molar-refractivity contribution >= 4 is 35.0 Å². The van der Waals surface area contributed by atoms with E-state index in [0.29, 0.717) is 23.7 Å². The summed E-state index contributed by atoms with van der Waals surface area (Å²) < 4.78 is 17.0. The highest BCUT2D eigenvalue weighted by Crippen LogP contribution is 2.35. The molecule has 1 heterocycles. The Morgan fingerprint density at radius 3 is 2.71 bits per heavy atom. The molecule has 1 N–H and O–H groups in total. The highest BCUT2D eigenvalue weighted by atomic mass is 32.1. The van der Waals surface area contributed by atoms with Gasteiger partial charge in [-0.15, -0.1) is 12.6 Å². The van der Waals surface area contributed by atoms with Gasteiger partial charge in [-0.2, -0.15) is 0 Å². The molecule has 8 heteroatoms. The van der Waals surface area contributed by atoms with E-state index in [4.69, 9.17) is 14.2 Å². The summed E-state index contributed by atoms with van der Waals surface area (Å²) in [7, 11) is 3.38. The predicted octanol–water partition coefficient (Wildman–Crippen LogP) is 5.26. The number of amides is 1. The van der Waals surface area contributed by atoms with Gasteiger partial charge in [0.2, 0.25) is 0 Å². The van der Waals surface area contributed by atoms with Crippen LogP contribution in [0, 0.1) is 5.92 Å². The second-order valence-electron chi connectivity index (χ2n) is 7.97. The molecule has 0 radical (unpaired) electrons. The SMILES string of the molecule is CC/C(O[C@@H]1CC[C@@H](OC)C1)=C(\C(=O)Nc1ncc(COC)s1)C1=CC=C(S)C(C)C1. The van der Waals surface area contributed by atoms with E-state index >= 15 is 0 Å². The molecule has 1 fully saturated rings. The van der Waals surface area contributed by atoms with Crippen LogP contribution in [0.2, 0.25) is 0 Å². The van der Waals surface area contributed by atoms with E-state index in [1.807, 2.05) is 19.1 Å². The van der Waals surface area contributed by atoms with E-state index < -0.39 is 0 Å². The average Bonchev–Trinajstić information content (AvgIpc) is 3.39. The maximum absolute atomic E-state index is 13.4. The lowest BCUT2D eigenvalue weighted by molar-refractivity contribution is -0.113. The van der Waals surface area contributed by atoms with Gasteiger partial charge in [-0.05, 0) is 35.7 Å². The maximum Gasteiger partial charge on any atom is 0.261 e. The lowest BCUT2D eigenvalue weighted by Crippen LogP contribution is -2.22. The number of allylic oxidation sites excluding steroid dienone is 4. The van der Waals surface area contributed by atoms with Gasteiger partial charge in [0, 0.05) is 33.3 Å². The molecular formula is C23H32N2O4S2. The second-order valence-corrected chi connectivity index (χ2v) is 9.60. The molecule has 1 aromatic heterocycles. The fourth-order valence-electron chi connectivity index (χ4n) is 3.97. The number of rotatable bonds is 9. The van der Waals surface area contributed by atoms with Crippen molar-refractivity contribution in [3.63, 3.8) is 0 Å². The summed E-state index contributed by atoms with van der Waals surface area (Å²) >= 11 is 5.96. The molecular weight excluding hydrogens is 432 g/mol. The normalized spacial score (nSPS) is 24.4. The number of hydrogen-bond donors (Lipinski definition) is 2. The molecule has 31 heavy (non-hydrogen) atoms. The van der Waals surface area contributed by atoms with Gasteiger partial charge in [-0.3, -0.25) is 10.1 Å². The number of nitrogens with zero attached hydrogens (tertiary/aromatic N) is 1. The van der Waals surface area contributed by atoms with Crippen molar-refractivity contribution in [2.75, 3.05) is 19.5 Å². The minimum atomic E-state index is -0.189. The van der Waals surface area contributed by atoms with Gasteiger partial charge < -0.3 is 14.2 Å². The van der Waals surface area contributed by atoms with E-state index in [1.165, 1.54) is 11.3 Å². The highest BCUT2D eigenvalue weighted by Gasteiger charge is 2.30. The van der Waals surface area contributed by atoms with Gasteiger partial charge in [-0.1, -0.05) is 37.3 Å². The number of thiazole rings is 1. The van der Waals surface area contributed by atoms with Gasteiger partial charge in [0.15, 0.2) is 5.13 Å². The highest BCUT2D eigenvalue weighted by molar-refractivity contribution is 7.84. The fraction of sp³-hybridized carbons (Fsp3) is 0.565. The van der Waals surface area contributed by atoms with E-state index in [9.17, 15) is 4.79 Å². The third kappa shape index (κ3) is 6.22. The summed E-state index contributed by atoms with van der Waals surface area (Å²) in [4.78, 5) is 19.7. The van der Waals surface area contributed by atoms with Gasteiger partial charge in [-0.25, -0.2) is 4.98 Å².